The van der Waals surface area contributed by atoms with Crippen LogP contribution >= 0.6 is 0 Å². The van der Waals surface area contributed by atoms with Gasteiger partial charge in [-0.1, -0.05) is 19.3 Å². The Bertz CT molecular complexity index is 760. The molecule has 2 fully saturated rings. The Hall–Kier alpha value is -1.95. The van der Waals surface area contributed by atoms with Gasteiger partial charge in [0.05, 0.1) is 11.7 Å². The molecule has 1 aliphatic heterocycles. The maximum atomic E-state index is 6.09. The molecule has 4 rings (SSSR count). The van der Waals surface area contributed by atoms with Crippen molar-refractivity contribution >= 4 is 16.7 Å². The molecule has 0 radical (unpaired) electrons. The van der Waals surface area contributed by atoms with Crippen molar-refractivity contribution in [2.24, 2.45) is 0 Å². The van der Waals surface area contributed by atoms with Crippen LogP contribution in [0.3, 0.4) is 0 Å². The topological polar surface area (TPSA) is 63.2 Å². The predicted octanol–water partition coefficient (Wildman–Crippen LogP) is 3.63. The highest BCUT2D eigenvalue weighted by atomic mass is 16.5. The van der Waals surface area contributed by atoms with E-state index in [-0.39, 0.29) is 11.6 Å². The molecule has 0 bridgehead atoms. The molecular weight excluding hydrogens is 326 g/mol. The highest BCUT2D eigenvalue weighted by Gasteiger charge is 2.35. The van der Waals surface area contributed by atoms with E-state index in [9.17, 15) is 0 Å². The second kappa shape index (κ2) is 6.99. The second-order valence-corrected chi connectivity index (χ2v) is 8.56. The summed E-state index contributed by atoms with van der Waals surface area (Å²) in [5, 5.41) is 4.61. The smallest absolute Gasteiger partial charge is 0.214 e. The summed E-state index contributed by atoms with van der Waals surface area (Å²) in [4.78, 5) is 15.7. The van der Waals surface area contributed by atoms with Crippen LogP contribution in [0.5, 0.6) is 5.88 Å². The molecule has 2 aliphatic rings. The van der Waals surface area contributed by atoms with E-state index in [2.05, 4.69) is 45.9 Å². The molecule has 6 heteroatoms. The largest absolute Gasteiger partial charge is 0.472 e. The number of hydrogen-bond donors (Lipinski definition) is 1. The third-order valence-electron chi connectivity index (χ3n) is 5.53. The first-order valence-electron chi connectivity index (χ1n) is 9.78. The number of aromatic nitrogens is 3. The van der Waals surface area contributed by atoms with Crippen molar-refractivity contribution in [1.29, 1.82) is 0 Å². The van der Waals surface area contributed by atoms with Crippen LogP contribution in [-0.4, -0.2) is 50.6 Å². The van der Waals surface area contributed by atoms with E-state index in [0.717, 1.165) is 29.8 Å². The Labute approximate surface area is 155 Å². The minimum Gasteiger partial charge on any atom is -0.472 e. The summed E-state index contributed by atoms with van der Waals surface area (Å²) in [5.41, 5.74) is 1.05. The van der Waals surface area contributed by atoms with Crippen molar-refractivity contribution in [3.05, 3.63) is 18.6 Å². The van der Waals surface area contributed by atoms with Crippen LogP contribution < -0.4 is 10.1 Å². The van der Waals surface area contributed by atoms with Crippen LogP contribution in [0.4, 0.5) is 5.82 Å². The lowest BCUT2D eigenvalue weighted by Crippen LogP contribution is -2.60. The molecule has 1 saturated heterocycles. The quantitative estimate of drug-likeness (QED) is 0.903. The van der Waals surface area contributed by atoms with Crippen molar-refractivity contribution in [3.63, 3.8) is 0 Å². The molecule has 2 aromatic heterocycles. The molecule has 0 atom stereocenters. The summed E-state index contributed by atoms with van der Waals surface area (Å²) in [6, 6.07) is 2.49. The molecule has 6 nitrogen and oxygen atoms in total. The number of pyridine rings is 1. The molecule has 0 amide bonds. The normalized spacial score (nSPS) is 20.1. The lowest BCUT2D eigenvalue weighted by molar-refractivity contribution is -0.0367. The molecule has 2 aromatic rings. The number of anilines is 1. The van der Waals surface area contributed by atoms with Crippen LogP contribution in [-0.2, 0) is 0 Å². The minimum atomic E-state index is 0.196. The lowest BCUT2D eigenvalue weighted by Gasteiger charge is -2.46. The van der Waals surface area contributed by atoms with Crippen LogP contribution in [0.2, 0.25) is 0 Å². The maximum absolute atomic E-state index is 6.09. The Morgan fingerprint density at radius 3 is 2.58 bits per heavy atom. The maximum Gasteiger partial charge on any atom is 0.214 e. The van der Waals surface area contributed by atoms with E-state index in [1.807, 2.05) is 6.07 Å². The standard InChI is InChI=1S/C20H29N5O/c1-20(2,3)25-11-15(12-25)26-18-9-16-17(10-21-18)22-13-23-19(16)24-14-7-5-4-6-8-14/h9-10,13-15H,4-8,11-12H2,1-3H3,(H,22,23,24). The zero-order chi connectivity index (χ0) is 18.1. The molecule has 1 saturated carbocycles. The van der Waals surface area contributed by atoms with Crippen LogP contribution in [0.1, 0.15) is 52.9 Å². The number of likely N-dealkylation sites (tertiary alicyclic amines) is 1. The zero-order valence-corrected chi connectivity index (χ0v) is 16.0. The first-order valence-corrected chi connectivity index (χ1v) is 9.78. The van der Waals surface area contributed by atoms with Gasteiger partial charge >= 0.3 is 0 Å². The summed E-state index contributed by atoms with van der Waals surface area (Å²) >= 11 is 0. The molecular formula is C20H29N5O. The van der Waals surface area contributed by atoms with Gasteiger partial charge in [-0.25, -0.2) is 15.0 Å². The second-order valence-electron chi connectivity index (χ2n) is 8.56. The fourth-order valence-electron chi connectivity index (χ4n) is 3.79. The van der Waals surface area contributed by atoms with Gasteiger partial charge in [-0.15, -0.1) is 0 Å². The predicted molar refractivity (Wildman–Crippen MR) is 104 cm³/mol. The van der Waals surface area contributed by atoms with Crippen molar-refractivity contribution in [2.75, 3.05) is 18.4 Å². The monoisotopic (exact) mass is 355 g/mol. The number of hydrogen-bond acceptors (Lipinski definition) is 6. The van der Waals surface area contributed by atoms with Crippen molar-refractivity contribution in [1.82, 2.24) is 19.9 Å². The molecule has 1 aliphatic carbocycles. The van der Waals surface area contributed by atoms with Gasteiger partial charge in [0, 0.05) is 36.1 Å². The fourth-order valence-corrected chi connectivity index (χ4v) is 3.79. The van der Waals surface area contributed by atoms with E-state index < -0.39 is 0 Å². The number of nitrogens with zero attached hydrogens (tertiary/aromatic N) is 4. The average molecular weight is 355 g/mol. The summed E-state index contributed by atoms with van der Waals surface area (Å²) in [7, 11) is 0. The number of nitrogens with one attached hydrogen (secondary N) is 1. The SMILES string of the molecule is CC(C)(C)N1CC(Oc2cc3c(NC4CCCCC4)ncnc3cn2)C1. The molecule has 3 heterocycles. The average Bonchev–Trinajstić information content (AvgIpc) is 2.58. The minimum absolute atomic E-state index is 0.196. The van der Waals surface area contributed by atoms with E-state index >= 15 is 0 Å². The summed E-state index contributed by atoms with van der Waals surface area (Å²) in [5.74, 6) is 1.57. The first kappa shape index (κ1) is 17.5. The molecule has 0 aromatic carbocycles. The van der Waals surface area contributed by atoms with E-state index in [1.165, 1.54) is 32.1 Å². The Balaban J connectivity index is 1.48. The van der Waals surface area contributed by atoms with Crippen LogP contribution in [0.25, 0.3) is 10.9 Å². The van der Waals surface area contributed by atoms with Gasteiger partial charge in [0.15, 0.2) is 0 Å². The molecule has 0 spiro atoms. The third-order valence-corrected chi connectivity index (χ3v) is 5.53. The van der Waals surface area contributed by atoms with Gasteiger partial charge in [0.2, 0.25) is 5.88 Å². The lowest BCUT2D eigenvalue weighted by atomic mass is 9.95. The Morgan fingerprint density at radius 2 is 1.85 bits per heavy atom. The summed E-state index contributed by atoms with van der Waals surface area (Å²) < 4.78 is 6.09. The van der Waals surface area contributed by atoms with Crippen molar-refractivity contribution in [2.45, 2.75) is 70.6 Å². The van der Waals surface area contributed by atoms with Gasteiger partial charge in [-0.05, 0) is 33.6 Å². The van der Waals surface area contributed by atoms with Gasteiger partial charge in [0.1, 0.15) is 18.2 Å². The number of rotatable bonds is 4. The van der Waals surface area contributed by atoms with E-state index in [4.69, 9.17) is 4.74 Å². The fraction of sp³-hybridized carbons (Fsp3) is 0.650. The van der Waals surface area contributed by atoms with Gasteiger partial charge in [0.25, 0.3) is 0 Å². The van der Waals surface area contributed by atoms with Gasteiger partial charge < -0.3 is 10.1 Å². The zero-order valence-electron chi connectivity index (χ0n) is 16.0. The Morgan fingerprint density at radius 1 is 1.08 bits per heavy atom. The van der Waals surface area contributed by atoms with E-state index in [1.54, 1.807) is 12.5 Å². The van der Waals surface area contributed by atoms with Crippen molar-refractivity contribution in [3.8, 4) is 5.88 Å². The van der Waals surface area contributed by atoms with Crippen LogP contribution in [0, 0.1) is 0 Å². The highest BCUT2D eigenvalue weighted by Crippen LogP contribution is 2.28. The summed E-state index contributed by atoms with van der Waals surface area (Å²) in [6.07, 6.45) is 9.97. The number of ether oxygens (including phenoxy) is 1. The molecule has 1 N–H and O–H groups in total. The summed E-state index contributed by atoms with van der Waals surface area (Å²) in [6.45, 7) is 8.59. The van der Waals surface area contributed by atoms with Gasteiger partial charge in [-0.3, -0.25) is 4.90 Å². The highest BCUT2D eigenvalue weighted by molar-refractivity contribution is 5.89. The molecule has 26 heavy (non-hydrogen) atoms. The van der Waals surface area contributed by atoms with Gasteiger partial charge in [-0.2, -0.15) is 0 Å². The molecule has 0 unspecified atom stereocenters. The van der Waals surface area contributed by atoms with E-state index in [0.29, 0.717) is 11.9 Å². The third kappa shape index (κ3) is 3.75. The van der Waals surface area contributed by atoms with Crippen LogP contribution in [0.15, 0.2) is 18.6 Å². The first-order chi connectivity index (χ1) is 12.5. The number of fused-ring (bicyclic) bond motifs is 1. The Kier molecular flexibility index (Phi) is 4.69. The van der Waals surface area contributed by atoms with Crippen molar-refractivity contribution < 1.29 is 4.74 Å². The molecule has 140 valence electrons.